The molecule has 0 atom stereocenters. The maximum absolute atomic E-state index is 10.9. The molecular weight excluding hydrogens is 184 g/mol. The first kappa shape index (κ1) is 8.26. The van der Waals surface area contributed by atoms with Gasteiger partial charge in [-0.1, -0.05) is 12.1 Å². The lowest BCUT2D eigenvalue weighted by molar-refractivity contribution is 0.0698. The molecule has 2 aromatic rings. The van der Waals surface area contributed by atoms with Gasteiger partial charge in [-0.2, -0.15) is 0 Å². The number of thiophene rings is 1. The van der Waals surface area contributed by atoms with Crippen LogP contribution in [0.1, 0.15) is 15.9 Å². The molecule has 0 amide bonds. The number of carboxylic acid groups (broad SMARTS) is 1. The molecule has 0 saturated carbocycles. The molecule has 1 heterocycles. The highest BCUT2D eigenvalue weighted by Gasteiger charge is 2.12. The number of carboxylic acids is 1. The molecule has 66 valence electrons. The van der Waals surface area contributed by atoms with Crippen LogP contribution in [0.25, 0.3) is 10.1 Å². The highest BCUT2D eigenvalue weighted by atomic mass is 32.1. The third-order valence-electron chi connectivity index (χ3n) is 2.04. The molecule has 0 aliphatic carbocycles. The Bertz CT molecular complexity index is 471. The topological polar surface area (TPSA) is 37.3 Å². The summed E-state index contributed by atoms with van der Waals surface area (Å²) in [5.41, 5.74) is 1.26. The zero-order valence-electron chi connectivity index (χ0n) is 7.07. The summed E-state index contributed by atoms with van der Waals surface area (Å²) in [6.07, 6.45) is 0. The first-order valence-corrected chi connectivity index (χ1v) is 4.78. The van der Waals surface area contributed by atoms with E-state index in [9.17, 15) is 4.79 Å². The fraction of sp³-hybridized carbons (Fsp3) is 0.100. The predicted molar refractivity (Wildman–Crippen MR) is 53.5 cm³/mol. The molecule has 1 aromatic heterocycles. The summed E-state index contributed by atoms with van der Waals surface area (Å²) in [7, 11) is 0. The average Bonchev–Trinajstić information content (AvgIpc) is 2.50. The molecule has 0 fully saturated rings. The van der Waals surface area contributed by atoms with Crippen LogP contribution in [0.2, 0.25) is 0 Å². The Labute approximate surface area is 79.4 Å². The second kappa shape index (κ2) is 2.85. The summed E-state index contributed by atoms with van der Waals surface area (Å²) in [5.74, 6) is -0.842. The van der Waals surface area contributed by atoms with E-state index in [4.69, 9.17) is 5.11 Å². The summed E-state index contributed by atoms with van der Waals surface area (Å²) in [6.45, 7) is 1.82. The number of aryl methyl sites for hydroxylation is 1. The van der Waals surface area contributed by atoms with Crippen LogP contribution in [0.15, 0.2) is 23.6 Å². The number of rotatable bonds is 1. The first-order valence-electron chi connectivity index (χ1n) is 3.90. The van der Waals surface area contributed by atoms with Crippen LogP contribution in [0, 0.1) is 6.92 Å². The fourth-order valence-electron chi connectivity index (χ4n) is 1.40. The first-order chi connectivity index (χ1) is 6.20. The van der Waals surface area contributed by atoms with Crippen LogP contribution < -0.4 is 0 Å². The van der Waals surface area contributed by atoms with Crippen LogP contribution in [-0.2, 0) is 0 Å². The van der Waals surface area contributed by atoms with E-state index < -0.39 is 5.97 Å². The smallest absolute Gasteiger partial charge is 0.337 e. The third kappa shape index (κ3) is 1.21. The number of carbonyl (C=O) groups is 1. The van der Waals surface area contributed by atoms with Gasteiger partial charge in [0.05, 0.1) is 5.56 Å². The quantitative estimate of drug-likeness (QED) is 0.754. The number of aromatic carboxylic acids is 1. The number of hydrogen-bond acceptors (Lipinski definition) is 2. The number of benzene rings is 1. The van der Waals surface area contributed by atoms with Gasteiger partial charge >= 0.3 is 5.97 Å². The van der Waals surface area contributed by atoms with Crippen molar-refractivity contribution < 1.29 is 9.90 Å². The van der Waals surface area contributed by atoms with Crippen molar-refractivity contribution in [3.05, 3.63) is 34.7 Å². The predicted octanol–water partition coefficient (Wildman–Crippen LogP) is 2.91. The molecule has 2 nitrogen and oxygen atoms in total. The van der Waals surface area contributed by atoms with Crippen molar-refractivity contribution in [2.45, 2.75) is 6.92 Å². The van der Waals surface area contributed by atoms with Crippen molar-refractivity contribution in [1.29, 1.82) is 0 Å². The molecule has 0 saturated heterocycles. The largest absolute Gasteiger partial charge is 0.478 e. The Kier molecular flexibility index (Phi) is 1.81. The molecule has 0 aliphatic heterocycles. The van der Waals surface area contributed by atoms with E-state index in [0.29, 0.717) is 5.56 Å². The summed E-state index contributed by atoms with van der Waals surface area (Å²) < 4.78 is 0.868. The minimum absolute atomic E-state index is 0.438. The van der Waals surface area contributed by atoms with Gasteiger partial charge in [0, 0.05) is 4.70 Å². The maximum Gasteiger partial charge on any atom is 0.337 e. The Morgan fingerprint density at radius 2 is 2.15 bits per heavy atom. The fourth-order valence-corrected chi connectivity index (χ4v) is 2.39. The Balaban J connectivity index is 2.88. The van der Waals surface area contributed by atoms with Gasteiger partial charge in [-0.05, 0) is 29.3 Å². The lowest BCUT2D eigenvalue weighted by Gasteiger charge is -2.00. The molecule has 13 heavy (non-hydrogen) atoms. The van der Waals surface area contributed by atoms with Crippen LogP contribution >= 0.6 is 11.3 Å². The zero-order valence-corrected chi connectivity index (χ0v) is 7.89. The molecular formula is C10H8O2S. The van der Waals surface area contributed by atoms with E-state index in [1.807, 2.05) is 30.5 Å². The van der Waals surface area contributed by atoms with E-state index in [1.165, 1.54) is 11.3 Å². The number of hydrogen-bond donors (Lipinski definition) is 1. The summed E-state index contributed by atoms with van der Waals surface area (Å²) in [5, 5.41) is 11.9. The van der Waals surface area contributed by atoms with Crippen molar-refractivity contribution in [3.8, 4) is 0 Å². The molecule has 0 spiro atoms. The van der Waals surface area contributed by atoms with Crippen molar-refractivity contribution >= 4 is 27.4 Å². The second-order valence-electron chi connectivity index (χ2n) is 2.90. The van der Waals surface area contributed by atoms with Crippen molar-refractivity contribution in [3.63, 3.8) is 0 Å². The van der Waals surface area contributed by atoms with Gasteiger partial charge in [-0.3, -0.25) is 0 Å². The summed E-state index contributed by atoms with van der Waals surface area (Å²) in [4.78, 5) is 10.9. The highest BCUT2D eigenvalue weighted by Crippen LogP contribution is 2.27. The minimum atomic E-state index is -0.842. The summed E-state index contributed by atoms with van der Waals surface area (Å²) in [6, 6.07) is 5.73. The molecule has 0 aliphatic rings. The van der Waals surface area contributed by atoms with Crippen molar-refractivity contribution in [2.75, 3.05) is 0 Å². The summed E-state index contributed by atoms with van der Waals surface area (Å²) >= 11 is 1.48. The number of fused-ring (bicyclic) bond motifs is 1. The van der Waals surface area contributed by atoms with Crippen molar-refractivity contribution in [1.82, 2.24) is 0 Å². The van der Waals surface area contributed by atoms with Gasteiger partial charge in [0.2, 0.25) is 0 Å². The normalized spacial score (nSPS) is 10.5. The van der Waals surface area contributed by atoms with E-state index in [-0.39, 0.29) is 0 Å². The molecule has 0 radical (unpaired) electrons. The van der Waals surface area contributed by atoms with Crippen LogP contribution in [0.3, 0.4) is 0 Å². The van der Waals surface area contributed by atoms with Crippen LogP contribution in [0.5, 0.6) is 0 Å². The maximum atomic E-state index is 10.9. The van der Waals surface area contributed by atoms with Crippen molar-refractivity contribution in [2.24, 2.45) is 0 Å². The van der Waals surface area contributed by atoms with Gasteiger partial charge < -0.3 is 5.11 Å². The molecule has 1 N–H and O–H groups in total. The van der Waals surface area contributed by atoms with E-state index in [2.05, 4.69) is 0 Å². The lowest BCUT2D eigenvalue weighted by atomic mass is 10.1. The monoisotopic (exact) mass is 192 g/mol. The molecule has 1 aromatic carbocycles. The molecule has 0 bridgehead atoms. The lowest BCUT2D eigenvalue weighted by Crippen LogP contribution is -1.99. The van der Waals surface area contributed by atoms with E-state index in [1.54, 1.807) is 0 Å². The molecule has 3 heteroatoms. The van der Waals surface area contributed by atoms with Gasteiger partial charge in [-0.15, -0.1) is 11.3 Å². The zero-order chi connectivity index (χ0) is 9.42. The average molecular weight is 192 g/mol. The van der Waals surface area contributed by atoms with Crippen LogP contribution in [0.4, 0.5) is 0 Å². The Morgan fingerprint density at radius 1 is 1.38 bits per heavy atom. The highest BCUT2D eigenvalue weighted by molar-refractivity contribution is 7.17. The van der Waals surface area contributed by atoms with Gasteiger partial charge in [0.1, 0.15) is 0 Å². The molecule has 0 unspecified atom stereocenters. The van der Waals surface area contributed by atoms with Gasteiger partial charge in [-0.25, -0.2) is 4.79 Å². The third-order valence-corrected chi connectivity index (χ3v) is 2.99. The second-order valence-corrected chi connectivity index (χ2v) is 3.82. The Hall–Kier alpha value is -1.35. The SMILES string of the molecule is Cc1ccc2ccsc2c1C(=O)O. The van der Waals surface area contributed by atoms with Gasteiger partial charge in [0.25, 0.3) is 0 Å². The Morgan fingerprint density at radius 3 is 2.85 bits per heavy atom. The minimum Gasteiger partial charge on any atom is -0.478 e. The van der Waals surface area contributed by atoms with Gasteiger partial charge in [0.15, 0.2) is 0 Å². The van der Waals surface area contributed by atoms with E-state index >= 15 is 0 Å². The standard InChI is InChI=1S/C10H8O2S/c1-6-2-3-7-4-5-13-9(7)8(6)10(11)12/h2-5H,1H3,(H,11,12). The molecule has 2 rings (SSSR count). The van der Waals surface area contributed by atoms with Crippen LogP contribution in [-0.4, -0.2) is 11.1 Å². The van der Waals surface area contributed by atoms with E-state index in [0.717, 1.165) is 15.6 Å².